The van der Waals surface area contributed by atoms with Crippen molar-refractivity contribution in [1.29, 1.82) is 0 Å². The summed E-state index contributed by atoms with van der Waals surface area (Å²) in [6.45, 7) is 4.65. The lowest BCUT2D eigenvalue weighted by molar-refractivity contribution is 0.106. The van der Waals surface area contributed by atoms with Crippen LogP contribution in [-0.2, 0) is 30.9 Å². The van der Waals surface area contributed by atoms with Gasteiger partial charge < -0.3 is 19.3 Å². The summed E-state index contributed by atoms with van der Waals surface area (Å²) in [5, 5.41) is 11.6. The van der Waals surface area contributed by atoms with Crippen LogP contribution >= 0.6 is 0 Å². The molecule has 0 bridgehead atoms. The summed E-state index contributed by atoms with van der Waals surface area (Å²) in [5.41, 5.74) is 5.52. The van der Waals surface area contributed by atoms with E-state index in [1.54, 1.807) is 0 Å². The summed E-state index contributed by atoms with van der Waals surface area (Å²) in [6, 6.07) is 47.0. The zero-order chi connectivity index (χ0) is 33.1. The van der Waals surface area contributed by atoms with Crippen LogP contribution in [0, 0.1) is 0 Å². The fraction of sp³-hybridized carbons (Fsp3) is 0.302. The largest absolute Gasteiger partial charge is 0.489 e. The molecule has 5 nitrogen and oxygen atoms in total. The quantitative estimate of drug-likeness (QED) is 0.0808. The fourth-order valence-electron chi connectivity index (χ4n) is 5.69. The van der Waals surface area contributed by atoms with Crippen LogP contribution in [0.2, 0.25) is 0 Å². The van der Waals surface area contributed by atoms with Crippen molar-refractivity contribution in [2.75, 3.05) is 26.3 Å². The number of benzene rings is 5. The number of rotatable bonds is 21. The van der Waals surface area contributed by atoms with Crippen molar-refractivity contribution in [2.45, 2.75) is 58.0 Å². The molecule has 0 saturated carbocycles. The molecule has 0 aliphatic heterocycles. The standard InChI is InChI=1S/C43H49NO4/c45-43(40-29-41(47-34-38-21-11-5-12-22-38)31-42(30-40)48-35-39-23-13-6-14-24-39)33-44(32-37-19-9-4-10-20-37)26-15-1-2-16-27-46-28-25-36-17-7-3-8-18-36/h3-14,17-24,29-31,43,45H,1-2,15-16,25-28,32-35H2. The molecule has 250 valence electrons. The third kappa shape index (κ3) is 12.6. The van der Waals surface area contributed by atoms with Gasteiger partial charge in [0.25, 0.3) is 0 Å². The van der Waals surface area contributed by atoms with Crippen molar-refractivity contribution in [1.82, 2.24) is 4.90 Å². The third-order valence-electron chi connectivity index (χ3n) is 8.35. The highest BCUT2D eigenvalue weighted by Gasteiger charge is 2.17. The summed E-state index contributed by atoms with van der Waals surface area (Å²) in [6.07, 6.45) is 4.65. The molecular weight excluding hydrogens is 594 g/mol. The first-order valence-electron chi connectivity index (χ1n) is 17.3. The lowest BCUT2D eigenvalue weighted by atomic mass is 10.1. The van der Waals surface area contributed by atoms with Gasteiger partial charge in [-0.2, -0.15) is 0 Å². The Kier molecular flexibility index (Phi) is 14.6. The smallest absolute Gasteiger partial charge is 0.123 e. The number of hydrogen-bond donors (Lipinski definition) is 1. The van der Waals surface area contributed by atoms with Crippen LogP contribution < -0.4 is 9.47 Å². The summed E-state index contributed by atoms with van der Waals surface area (Å²) < 4.78 is 18.3. The Labute approximate surface area is 286 Å². The van der Waals surface area contributed by atoms with Crippen LogP contribution in [0.3, 0.4) is 0 Å². The van der Waals surface area contributed by atoms with Crippen LogP contribution in [0.25, 0.3) is 0 Å². The van der Waals surface area contributed by atoms with Gasteiger partial charge in [-0.25, -0.2) is 0 Å². The van der Waals surface area contributed by atoms with Crippen molar-refractivity contribution in [2.24, 2.45) is 0 Å². The molecule has 0 aromatic heterocycles. The van der Waals surface area contributed by atoms with Crippen molar-refractivity contribution < 1.29 is 19.3 Å². The Morgan fingerprint density at radius 2 is 1.02 bits per heavy atom. The van der Waals surface area contributed by atoms with Crippen LogP contribution in [0.4, 0.5) is 0 Å². The number of hydrogen-bond acceptors (Lipinski definition) is 5. The second-order valence-electron chi connectivity index (χ2n) is 12.3. The van der Waals surface area contributed by atoms with Crippen LogP contribution in [0.5, 0.6) is 11.5 Å². The first-order valence-corrected chi connectivity index (χ1v) is 17.3. The van der Waals surface area contributed by atoms with Crippen LogP contribution in [0.15, 0.2) is 140 Å². The van der Waals surface area contributed by atoms with Gasteiger partial charge in [0.15, 0.2) is 0 Å². The van der Waals surface area contributed by atoms with E-state index < -0.39 is 6.10 Å². The highest BCUT2D eigenvalue weighted by Crippen LogP contribution is 2.29. The summed E-state index contributed by atoms with van der Waals surface area (Å²) in [4.78, 5) is 2.36. The summed E-state index contributed by atoms with van der Waals surface area (Å²) in [5.74, 6) is 1.36. The van der Waals surface area contributed by atoms with Gasteiger partial charge >= 0.3 is 0 Å². The second kappa shape index (κ2) is 20.1. The first-order chi connectivity index (χ1) is 23.7. The normalized spacial score (nSPS) is 11.8. The van der Waals surface area contributed by atoms with E-state index in [2.05, 4.69) is 53.4 Å². The molecule has 5 aromatic rings. The maximum absolute atomic E-state index is 11.6. The van der Waals surface area contributed by atoms with Gasteiger partial charge in [-0.05, 0) is 65.8 Å². The molecule has 5 aromatic carbocycles. The van der Waals surface area contributed by atoms with Gasteiger partial charge in [-0.15, -0.1) is 0 Å². The average molecular weight is 644 g/mol. The summed E-state index contributed by atoms with van der Waals surface area (Å²) in [7, 11) is 0. The average Bonchev–Trinajstić information content (AvgIpc) is 3.14. The highest BCUT2D eigenvalue weighted by atomic mass is 16.5. The zero-order valence-electron chi connectivity index (χ0n) is 28.0. The lowest BCUT2D eigenvalue weighted by Gasteiger charge is -2.26. The van der Waals surface area contributed by atoms with E-state index in [0.717, 1.165) is 75.1 Å². The van der Waals surface area contributed by atoms with Gasteiger partial charge in [0.1, 0.15) is 24.7 Å². The predicted octanol–water partition coefficient (Wildman–Crippen LogP) is 9.20. The molecule has 0 aliphatic rings. The Morgan fingerprint density at radius 1 is 0.521 bits per heavy atom. The van der Waals surface area contributed by atoms with Crippen LogP contribution in [0.1, 0.15) is 59.6 Å². The molecular formula is C43H49NO4. The second-order valence-corrected chi connectivity index (χ2v) is 12.3. The predicted molar refractivity (Wildman–Crippen MR) is 194 cm³/mol. The van der Waals surface area contributed by atoms with E-state index in [1.165, 1.54) is 11.1 Å². The minimum Gasteiger partial charge on any atom is -0.489 e. The van der Waals surface area contributed by atoms with E-state index in [9.17, 15) is 5.11 Å². The molecule has 5 heteroatoms. The van der Waals surface area contributed by atoms with Gasteiger partial charge in [0, 0.05) is 25.8 Å². The number of aliphatic hydroxyl groups is 1. The molecule has 0 fully saturated rings. The number of ether oxygens (including phenoxy) is 3. The molecule has 5 rings (SSSR count). The first kappa shape index (κ1) is 34.9. The van der Waals surface area contributed by atoms with Crippen molar-refractivity contribution in [3.63, 3.8) is 0 Å². The minimum absolute atomic E-state index is 0.441. The van der Waals surface area contributed by atoms with Gasteiger partial charge in [-0.3, -0.25) is 4.90 Å². The SMILES string of the molecule is OC(CN(CCCCCCOCCc1ccccc1)Cc1ccccc1)c1cc(OCc2ccccc2)cc(OCc2ccccc2)c1. The summed E-state index contributed by atoms with van der Waals surface area (Å²) >= 11 is 0. The van der Waals surface area contributed by atoms with Crippen molar-refractivity contribution in [3.8, 4) is 11.5 Å². The van der Waals surface area contributed by atoms with E-state index in [0.29, 0.717) is 31.3 Å². The molecule has 0 aliphatic carbocycles. The van der Waals surface area contributed by atoms with E-state index in [4.69, 9.17) is 14.2 Å². The third-order valence-corrected chi connectivity index (χ3v) is 8.35. The number of unbranched alkanes of at least 4 members (excludes halogenated alkanes) is 3. The Bertz CT molecular complexity index is 1500. The van der Waals surface area contributed by atoms with Crippen LogP contribution in [-0.4, -0.2) is 36.3 Å². The molecule has 0 amide bonds. The molecule has 1 atom stereocenters. The van der Waals surface area contributed by atoms with Crippen molar-refractivity contribution in [3.05, 3.63) is 167 Å². The van der Waals surface area contributed by atoms with Gasteiger partial charge in [0.2, 0.25) is 0 Å². The Balaban J connectivity index is 1.17. The fourth-order valence-corrected chi connectivity index (χ4v) is 5.69. The molecule has 0 saturated heterocycles. The van der Waals surface area contributed by atoms with E-state index in [-0.39, 0.29) is 0 Å². The maximum Gasteiger partial charge on any atom is 0.123 e. The lowest BCUT2D eigenvalue weighted by Crippen LogP contribution is -2.29. The monoisotopic (exact) mass is 643 g/mol. The van der Waals surface area contributed by atoms with E-state index >= 15 is 0 Å². The maximum atomic E-state index is 11.6. The molecule has 0 radical (unpaired) electrons. The zero-order valence-corrected chi connectivity index (χ0v) is 28.0. The minimum atomic E-state index is -0.703. The molecule has 48 heavy (non-hydrogen) atoms. The molecule has 0 spiro atoms. The number of nitrogens with zero attached hydrogens (tertiary/aromatic N) is 1. The van der Waals surface area contributed by atoms with Gasteiger partial charge in [-0.1, -0.05) is 134 Å². The van der Waals surface area contributed by atoms with Gasteiger partial charge in [0.05, 0.1) is 12.7 Å². The van der Waals surface area contributed by atoms with E-state index in [1.807, 2.05) is 91.0 Å². The highest BCUT2D eigenvalue weighted by molar-refractivity contribution is 5.40. The molecule has 1 N–H and O–H groups in total. The van der Waals surface area contributed by atoms with Crippen molar-refractivity contribution >= 4 is 0 Å². The Morgan fingerprint density at radius 3 is 1.58 bits per heavy atom. The number of aliphatic hydroxyl groups excluding tert-OH is 1. The molecule has 0 heterocycles. The Hall–Kier alpha value is -4.42. The topological polar surface area (TPSA) is 51.2 Å². The molecule has 1 unspecified atom stereocenters.